The Kier molecular flexibility index (Phi) is 5.20. The molecule has 0 spiro atoms. The van der Waals surface area contributed by atoms with Crippen LogP contribution in [0.3, 0.4) is 0 Å². The lowest BCUT2D eigenvalue weighted by Gasteiger charge is -2.04. The number of nitrogens with one attached hydrogen (secondary N) is 1. The minimum absolute atomic E-state index is 0.219. The van der Waals surface area contributed by atoms with Gasteiger partial charge in [-0.1, -0.05) is 19.9 Å². The molecule has 0 saturated carbocycles. The van der Waals surface area contributed by atoms with Crippen molar-refractivity contribution in [1.82, 2.24) is 5.43 Å². The van der Waals surface area contributed by atoms with Crippen LogP contribution in [-0.4, -0.2) is 18.7 Å². The number of ether oxygens (including phenoxy) is 1. The van der Waals surface area contributed by atoms with Gasteiger partial charge in [0.05, 0.1) is 7.11 Å². The molecule has 1 aromatic carbocycles. The van der Waals surface area contributed by atoms with E-state index < -0.39 is 0 Å². The number of hydrogen-bond acceptors (Lipinski definition) is 3. The third kappa shape index (κ3) is 3.90. The lowest BCUT2D eigenvalue weighted by atomic mass is 10.2. The number of amides is 1. The Bertz CT molecular complexity index is 408. The highest BCUT2D eigenvalue weighted by molar-refractivity contribution is 5.95. The molecule has 92 valence electrons. The van der Waals surface area contributed by atoms with E-state index in [1.54, 1.807) is 31.4 Å². The summed E-state index contributed by atoms with van der Waals surface area (Å²) >= 11 is 0. The smallest absolute Gasteiger partial charge is 0.271 e. The Labute approximate surface area is 102 Å². The first kappa shape index (κ1) is 13.2. The number of hydrazone groups is 1. The maximum absolute atomic E-state index is 11.8. The van der Waals surface area contributed by atoms with Crippen molar-refractivity contribution in [3.05, 3.63) is 29.8 Å². The predicted molar refractivity (Wildman–Crippen MR) is 68.5 cm³/mol. The topological polar surface area (TPSA) is 50.7 Å². The van der Waals surface area contributed by atoms with Gasteiger partial charge in [0.2, 0.25) is 0 Å². The second-order valence-electron chi connectivity index (χ2n) is 3.56. The molecule has 0 atom stereocenters. The Hall–Kier alpha value is -1.84. The van der Waals surface area contributed by atoms with Crippen molar-refractivity contribution < 1.29 is 9.53 Å². The van der Waals surface area contributed by atoms with Crippen molar-refractivity contribution in [2.45, 2.75) is 26.7 Å². The average molecular weight is 234 g/mol. The predicted octanol–water partition coefficient (Wildman–Crippen LogP) is 2.60. The number of nitrogens with zero attached hydrogens (tertiary/aromatic N) is 1. The van der Waals surface area contributed by atoms with E-state index >= 15 is 0 Å². The van der Waals surface area contributed by atoms with E-state index in [0.717, 1.165) is 18.6 Å². The van der Waals surface area contributed by atoms with Gasteiger partial charge in [0.1, 0.15) is 5.75 Å². The molecule has 0 heterocycles. The molecule has 1 aromatic rings. The second-order valence-corrected chi connectivity index (χ2v) is 3.56. The van der Waals surface area contributed by atoms with Gasteiger partial charge in [-0.3, -0.25) is 4.79 Å². The van der Waals surface area contributed by atoms with E-state index in [2.05, 4.69) is 10.5 Å². The van der Waals surface area contributed by atoms with Crippen LogP contribution in [0.4, 0.5) is 0 Å². The van der Waals surface area contributed by atoms with Gasteiger partial charge in [0.15, 0.2) is 0 Å². The van der Waals surface area contributed by atoms with Crippen molar-refractivity contribution in [3.63, 3.8) is 0 Å². The minimum atomic E-state index is -0.219. The molecule has 1 rings (SSSR count). The van der Waals surface area contributed by atoms with Crippen molar-refractivity contribution in [2.75, 3.05) is 7.11 Å². The first-order valence-electron chi connectivity index (χ1n) is 5.71. The minimum Gasteiger partial charge on any atom is -0.497 e. The first-order chi connectivity index (χ1) is 8.21. The summed E-state index contributed by atoms with van der Waals surface area (Å²) in [4.78, 5) is 11.8. The molecule has 17 heavy (non-hydrogen) atoms. The fraction of sp³-hybridized carbons (Fsp3) is 0.385. The van der Waals surface area contributed by atoms with Crippen LogP contribution in [0.1, 0.15) is 37.0 Å². The summed E-state index contributed by atoms with van der Waals surface area (Å²) in [6.45, 7) is 4.03. The number of rotatable bonds is 5. The molecule has 0 aliphatic heterocycles. The maximum Gasteiger partial charge on any atom is 0.271 e. The van der Waals surface area contributed by atoms with Gasteiger partial charge in [-0.25, -0.2) is 5.43 Å². The number of carbonyl (C=O) groups is 1. The van der Waals surface area contributed by atoms with Crippen LogP contribution in [-0.2, 0) is 0 Å². The van der Waals surface area contributed by atoms with Crippen LogP contribution < -0.4 is 10.2 Å². The van der Waals surface area contributed by atoms with Gasteiger partial charge in [-0.05, 0) is 31.0 Å². The quantitative estimate of drug-likeness (QED) is 0.629. The summed E-state index contributed by atoms with van der Waals surface area (Å²) in [7, 11) is 1.57. The van der Waals surface area contributed by atoms with E-state index in [9.17, 15) is 4.79 Å². The monoisotopic (exact) mass is 234 g/mol. The van der Waals surface area contributed by atoms with Gasteiger partial charge in [-0.2, -0.15) is 5.10 Å². The zero-order valence-electron chi connectivity index (χ0n) is 10.5. The van der Waals surface area contributed by atoms with Gasteiger partial charge in [-0.15, -0.1) is 0 Å². The van der Waals surface area contributed by atoms with Gasteiger partial charge >= 0.3 is 0 Å². The van der Waals surface area contributed by atoms with Crippen LogP contribution in [0.15, 0.2) is 29.4 Å². The fourth-order valence-corrected chi connectivity index (χ4v) is 1.37. The number of carbonyl (C=O) groups excluding carboxylic acids is 1. The maximum atomic E-state index is 11.8. The van der Waals surface area contributed by atoms with Gasteiger partial charge in [0, 0.05) is 11.3 Å². The Balaban J connectivity index is 2.72. The summed E-state index contributed by atoms with van der Waals surface area (Å²) < 4.78 is 5.06. The normalized spacial score (nSPS) is 9.59. The third-order valence-corrected chi connectivity index (χ3v) is 2.46. The summed E-state index contributed by atoms with van der Waals surface area (Å²) in [5.74, 6) is 0.441. The van der Waals surface area contributed by atoms with Crippen LogP contribution in [0, 0.1) is 0 Å². The van der Waals surface area contributed by atoms with Gasteiger partial charge < -0.3 is 4.74 Å². The van der Waals surface area contributed by atoms with Crippen molar-refractivity contribution in [1.29, 1.82) is 0 Å². The van der Waals surface area contributed by atoms with Crippen LogP contribution >= 0.6 is 0 Å². The van der Waals surface area contributed by atoms with E-state index in [4.69, 9.17) is 4.74 Å². The van der Waals surface area contributed by atoms with Crippen molar-refractivity contribution in [2.24, 2.45) is 5.10 Å². The molecule has 0 bridgehead atoms. The summed E-state index contributed by atoms with van der Waals surface area (Å²) in [5, 5.41) is 4.07. The van der Waals surface area contributed by atoms with E-state index in [-0.39, 0.29) is 5.91 Å². The largest absolute Gasteiger partial charge is 0.497 e. The van der Waals surface area contributed by atoms with Crippen molar-refractivity contribution in [3.8, 4) is 5.75 Å². The van der Waals surface area contributed by atoms with Crippen LogP contribution in [0.2, 0.25) is 0 Å². The lowest BCUT2D eigenvalue weighted by Crippen LogP contribution is -2.19. The molecule has 0 aliphatic rings. The van der Waals surface area contributed by atoms with Crippen LogP contribution in [0.5, 0.6) is 5.75 Å². The molecule has 1 amide bonds. The Morgan fingerprint density at radius 1 is 1.35 bits per heavy atom. The molecule has 0 radical (unpaired) electrons. The molecular weight excluding hydrogens is 216 g/mol. The number of methoxy groups -OCH3 is 1. The number of hydrogen-bond donors (Lipinski definition) is 1. The molecule has 0 fully saturated rings. The highest BCUT2D eigenvalue weighted by Crippen LogP contribution is 2.12. The highest BCUT2D eigenvalue weighted by Gasteiger charge is 2.05. The van der Waals surface area contributed by atoms with E-state index in [1.807, 2.05) is 13.8 Å². The molecule has 4 nitrogen and oxygen atoms in total. The van der Waals surface area contributed by atoms with Crippen molar-refractivity contribution >= 4 is 11.6 Å². The molecule has 0 aliphatic carbocycles. The molecular formula is C13H18N2O2. The molecule has 4 heteroatoms. The molecule has 0 saturated heterocycles. The average Bonchev–Trinajstić information content (AvgIpc) is 2.39. The van der Waals surface area contributed by atoms with Crippen LogP contribution in [0.25, 0.3) is 0 Å². The second kappa shape index (κ2) is 6.68. The molecule has 0 unspecified atom stereocenters. The summed E-state index contributed by atoms with van der Waals surface area (Å²) in [6, 6.07) is 6.98. The number of benzene rings is 1. The fourth-order valence-electron chi connectivity index (χ4n) is 1.37. The standard InChI is InChI=1S/C13H18N2O2/c1-4-11(5-2)14-15-13(16)10-7-6-8-12(9-10)17-3/h6-9H,4-5H2,1-3H3,(H,15,16). The molecule has 1 N–H and O–H groups in total. The zero-order chi connectivity index (χ0) is 12.7. The molecule has 0 aromatic heterocycles. The highest BCUT2D eigenvalue weighted by atomic mass is 16.5. The first-order valence-corrected chi connectivity index (χ1v) is 5.71. The lowest BCUT2D eigenvalue weighted by molar-refractivity contribution is 0.0954. The SMILES string of the molecule is CCC(CC)=NNC(=O)c1cccc(OC)c1. The Morgan fingerprint density at radius 2 is 2.06 bits per heavy atom. The van der Waals surface area contributed by atoms with E-state index in [0.29, 0.717) is 11.3 Å². The summed E-state index contributed by atoms with van der Waals surface area (Å²) in [6.07, 6.45) is 1.68. The van der Waals surface area contributed by atoms with Gasteiger partial charge in [0.25, 0.3) is 5.91 Å². The third-order valence-electron chi connectivity index (χ3n) is 2.46. The van der Waals surface area contributed by atoms with E-state index in [1.165, 1.54) is 0 Å². The zero-order valence-corrected chi connectivity index (χ0v) is 10.5. The Morgan fingerprint density at radius 3 is 2.65 bits per heavy atom. The summed E-state index contributed by atoms with van der Waals surface area (Å²) in [5.41, 5.74) is 4.06.